The number of para-hydroxylation sites is 2. The van der Waals surface area contributed by atoms with Crippen molar-refractivity contribution in [1.82, 2.24) is 4.90 Å². The lowest BCUT2D eigenvalue weighted by atomic mass is 9.91. The van der Waals surface area contributed by atoms with Gasteiger partial charge in [-0.25, -0.2) is 0 Å². The Kier molecular flexibility index (Phi) is 2.75. The largest absolute Gasteiger partial charge is 0.350 e. The van der Waals surface area contributed by atoms with E-state index in [9.17, 15) is 9.59 Å². The van der Waals surface area contributed by atoms with Crippen LogP contribution in [0.15, 0.2) is 48.5 Å². The lowest BCUT2D eigenvalue weighted by Crippen LogP contribution is -2.63. The number of carbonyl (C=O) groups excluding carboxylic acids is 2. The van der Waals surface area contributed by atoms with E-state index in [4.69, 9.17) is 0 Å². The minimum atomic E-state index is -1.20. The van der Waals surface area contributed by atoms with Crippen LogP contribution in [0.25, 0.3) is 0 Å². The van der Waals surface area contributed by atoms with Crippen LogP contribution >= 0.6 is 0 Å². The number of amides is 2. The highest BCUT2D eigenvalue weighted by molar-refractivity contribution is 6.14. The predicted molar refractivity (Wildman–Crippen MR) is 88.1 cm³/mol. The monoisotopic (exact) mass is 307 g/mol. The molecule has 2 aliphatic rings. The van der Waals surface area contributed by atoms with Gasteiger partial charge in [-0.05, 0) is 32.0 Å². The molecule has 2 aromatic carbocycles. The summed E-state index contributed by atoms with van der Waals surface area (Å²) in [5.74, 6) is -0.364. The molecule has 2 amide bonds. The Labute approximate surface area is 134 Å². The molecule has 0 aliphatic carbocycles. The number of hydrogen-bond acceptors (Lipinski definition) is 3. The number of nitrogens with one attached hydrogen (secondary N) is 2. The molecule has 0 bridgehead atoms. The molecule has 4 rings (SSSR count). The second kappa shape index (κ2) is 4.59. The second-order valence-corrected chi connectivity index (χ2v) is 6.15. The van der Waals surface area contributed by atoms with Crippen molar-refractivity contribution in [2.75, 3.05) is 10.6 Å². The van der Waals surface area contributed by atoms with Crippen molar-refractivity contribution in [3.8, 4) is 0 Å². The third-order valence-corrected chi connectivity index (χ3v) is 4.46. The van der Waals surface area contributed by atoms with Gasteiger partial charge in [-0.1, -0.05) is 30.3 Å². The Balaban J connectivity index is 2.01. The molecule has 0 saturated carbocycles. The van der Waals surface area contributed by atoms with Gasteiger partial charge in [-0.2, -0.15) is 0 Å². The molecule has 116 valence electrons. The average Bonchev–Trinajstić information content (AvgIpc) is 2.80. The van der Waals surface area contributed by atoms with Crippen LogP contribution < -0.4 is 10.6 Å². The first-order valence-electron chi connectivity index (χ1n) is 7.67. The van der Waals surface area contributed by atoms with E-state index in [1.165, 1.54) is 0 Å². The quantitative estimate of drug-likeness (QED) is 0.851. The van der Waals surface area contributed by atoms with Gasteiger partial charge in [-0.3, -0.25) is 9.59 Å². The Morgan fingerprint density at radius 2 is 1.61 bits per heavy atom. The molecule has 0 saturated heterocycles. The number of rotatable bonds is 1. The van der Waals surface area contributed by atoms with E-state index in [2.05, 4.69) is 10.6 Å². The fraction of sp³-hybridized carbons (Fsp3) is 0.222. The lowest BCUT2D eigenvalue weighted by Gasteiger charge is -2.46. The van der Waals surface area contributed by atoms with Gasteiger partial charge in [0.25, 0.3) is 11.8 Å². The molecule has 1 unspecified atom stereocenters. The van der Waals surface area contributed by atoms with Gasteiger partial charge in [0.05, 0.1) is 5.56 Å². The summed E-state index contributed by atoms with van der Waals surface area (Å²) in [5.41, 5.74) is 1.59. The molecule has 5 heteroatoms. The van der Waals surface area contributed by atoms with E-state index in [0.717, 1.165) is 11.3 Å². The maximum atomic E-state index is 13.1. The Morgan fingerprint density at radius 1 is 0.957 bits per heavy atom. The fourth-order valence-corrected chi connectivity index (χ4v) is 3.54. The minimum absolute atomic E-state index is 0.138. The number of fused-ring (bicyclic) bond motifs is 3. The smallest absolute Gasteiger partial charge is 0.276 e. The van der Waals surface area contributed by atoms with Gasteiger partial charge < -0.3 is 15.5 Å². The van der Waals surface area contributed by atoms with Crippen LogP contribution in [-0.2, 0) is 10.5 Å². The molecule has 5 nitrogen and oxygen atoms in total. The zero-order valence-corrected chi connectivity index (χ0v) is 13.0. The van der Waals surface area contributed by atoms with Crippen LogP contribution in [0.1, 0.15) is 29.8 Å². The third-order valence-electron chi connectivity index (χ3n) is 4.46. The number of hydrogen-bond donors (Lipinski definition) is 2. The van der Waals surface area contributed by atoms with Gasteiger partial charge in [-0.15, -0.1) is 0 Å². The molecule has 0 fully saturated rings. The summed E-state index contributed by atoms with van der Waals surface area (Å²) in [5, 5.41) is 6.23. The van der Waals surface area contributed by atoms with Crippen LogP contribution in [0.5, 0.6) is 0 Å². The van der Waals surface area contributed by atoms with Crippen molar-refractivity contribution in [3.63, 3.8) is 0 Å². The summed E-state index contributed by atoms with van der Waals surface area (Å²) in [6, 6.07) is 14.7. The number of anilines is 2. The molecule has 2 heterocycles. The predicted octanol–water partition coefficient (Wildman–Crippen LogP) is 2.77. The van der Waals surface area contributed by atoms with Crippen LogP contribution in [0.4, 0.5) is 11.4 Å². The van der Waals surface area contributed by atoms with E-state index in [-0.39, 0.29) is 17.9 Å². The SMILES string of the molecule is CC(C)N1C(=O)c2ccccc2NC12C(=O)Nc1ccccc12. The minimum Gasteiger partial charge on any atom is -0.350 e. The number of nitrogens with zero attached hydrogens (tertiary/aromatic N) is 1. The van der Waals surface area contributed by atoms with E-state index >= 15 is 0 Å². The highest BCUT2D eigenvalue weighted by atomic mass is 16.2. The Hall–Kier alpha value is -2.82. The lowest BCUT2D eigenvalue weighted by molar-refractivity contribution is -0.126. The molecule has 1 atom stereocenters. The van der Waals surface area contributed by atoms with Gasteiger partial charge in [0.15, 0.2) is 0 Å². The van der Waals surface area contributed by atoms with Crippen molar-refractivity contribution >= 4 is 23.2 Å². The van der Waals surface area contributed by atoms with Crippen molar-refractivity contribution < 1.29 is 9.59 Å². The molecule has 2 aliphatic heterocycles. The van der Waals surface area contributed by atoms with Crippen molar-refractivity contribution in [2.45, 2.75) is 25.6 Å². The maximum Gasteiger partial charge on any atom is 0.276 e. The topological polar surface area (TPSA) is 61.4 Å². The molecule has 0 aromatic heterocycles. The maximum absolute atomic E-state index is 13.1. The average molecular weight is 307 g/mol. The summed E-state index contributed by atoms with van der Waals surface area (Å²) in [4.78, 5) is 27.6. The van der Waals surface area contributed by atoms with Gasteiger partial charge in [0.2, 0.25) is 5.66 Å². The Morgan fingerprint density at radius 3 is 2.35 bits per heavy atom. The first kappa shape index (κ1) is 13.8. The van der Waals surface area contributed by atoms with E-state index < -0.39 is 5.66 Å². The normalized spacial score (nSPS) is 22.0. The number of benzene rings is 2. The zero-order valence-electron chi connectivity index (χ0n) is 13.0. The summed E-state index contributed by atoms with van der Waals surface area (Å²) < 4.78 is 0. The molecule has 1 spiro atoms. The van der Waals surface area contributed by atoms with Crippen LogP contribution in [0, 0.1) is 0 Å². The van der Waals surface area contributed by atoms with Crippen molar-refractivity contribution in [1.29, 1.82) is 0 Å². The molecule has 2 aromatic rings. The van der Waals surface area contributed by atoms with Crippen LogP contribution in [0.3, 0.4) is 0 Å². The van der Waals surface area contributed by atoms with Crippen LogP contribution in [-0.4, -0.2) is 22.8 Å². The van der Waals surface area contributed by atoms with E-state index in [1.807, 2.05) is 56.3 Å². The van der Waals surface area contributed by atoms with Gasteiger partial charge in [0.1, 0.15) is 0 Å². The molecule has 2 N–H and O–H groups in total. The van der Waals surface area contributed by atoms with E-state index in [0.29, 0.717) is 11.3 Å². The standard InChI is InChI=1S/C18H17N3O2/c1-11(2)21-16(22)12-7-3-5-9-14(12)20-18(21)13-8-4-6-10-15(13)19-17(18)23/h3-11,20H,1-2H3,(H,19,23). The molecule has 0 radical (unpaired) electrons. The summed E-state index contributed by atoms with van der Waals surface area (Å²) in [6.07, 6.45) is 0. The van der Waals surface area contributed by atoms with Crippen molar-refractivity contribution in [2.24, 2.45) is 0 Å². The summed E-state index contributed by atoms with van der Waals surface area (Å²) >= 11 is 0. The highest BCUT2D eigenvalue weighted by Gasteiger charge is 2.56. The molecular weight excluding hydrogens is 290 g/mol. The van der Waals surface area contributed by atoms with Crippen LogP contribution in [0.2, 0.25) is 0 Å². The second-order valence-electron chi connectivity index (χ2n) is 6.15. The highest BCUT2D eigenvalue weighted by Crippen LogP contribution is 2.45. The number of carbonyl (C=O) groups is 2. The zero-order chi connectivity index (χ0) is 16.2. The van der Waals surface area contributed by atoms with E-state index in [1.54, 1.807) is 11.0 Å². The molecular formula is C18H17N3O2. The first-order valence-corrected chi connectivity index (χ1v) is 7.67. The van der Waals surface area contributed by atoms with Gasteiger partial charge in [0, 0.05) is 23.0 Å². The third kappa shape index (κ3) is 1.67. The summed E-state index contributed by atoms with van der Waals surface area (Å²) in [6.45, 7) is 3.84. The molecule has 23 heavy (non-hydrogen) atoms. The Bertz CT molecular complexity index is 831. The summed E-state index contributed by atoms with van der Waals surface area (Å²) in [7, 11) is 0. The van der Waals surface area contributed by atoms with Gasteiger partial charge >= 0.3 is 0 Å². The fourth-order valence-electron chi connectivity index (χ4n) is 3.54. The van der Waals surface area contributed by atoms with Crippen molar-refractivity contribution in [3.05, 3.63) is 59.7 Å². The first-order chi connectivity index (χ1) is 11.1.